The summed E-state index contributed by atoms with van der Waals surface area (Å²) in [5.41, 5.74) is 2.00. The lowest BCUT2D eigenvalue weighted by atomic mass is 10.2. The third-order valence-corrected chi connectivity index (χ3v) is 5.04. The highest BCUT2D eigenvalue weighted by Gasteiger charge is 2.07. The van der Waals surface area contributed by atoms with Gasteiger partial charge in [0.1, 0.15) is 12.4 Å². The molecule has 0 aliphatic rings. The Bertz CT molecular complexity index is 790. The lowest BCUT2D eigenvalue weighted by molar-refractivity contribution is 0.302. The lowest BCUT2D eigenvalue weighted by Gasteiger charge is -2.13. The van der Waals surface area contributed by atoms with Crippen molar-refractivity contribution in [1.29, 1.82) is 0 Å². The molecule has 0 radical (unpaired) electrons. The van der Waals surface area contributed by atoms with Crippen LogP contribution in [-0.4, -0.2) is 0 Å². The van der Waals surface area contributed by atoms with E-state index in [1.165, 1.54) is 4.88 Å². The Morgan fingerprint density at radius 2 is 1.79 bits per heavy atom. The Morgan fingerprint density at radius 3 is 2.58 bits per heavy atom. The predicted molar refractivity (Wildman–Crippen MR) is 102 cm³/mol. The number of hydrogen-bond acceptors (Lipinski definition) is 3. The Labute approximate surface area is 156 Å². The van der Waals surface area contributed by atoms with Crippen molar-refractivity contribution in [2.75, 3.05) is 0 Å². The number of hydrogen-bond donors (Lipinski definition) is 1. The molecule has 0 saturated heterocycles. The molecule has 0 bridgehead atoms. The van der Waals surface area contributed by atoms with Crippen LogP contribution in [0.1, 0.15) is 16.0 Å². The highest BCUT2D eigenvalue weighted by molar-refractivity contribution is 7.09. The Hall–Kier alpha value is -1.52. The third-order valence-electron chi connectivity index (χ3n) is 3.56. The van der Waals surface area contributed by atoms with Crippen LogP contribution >= 0.6 is 34.5 Å². The van der Waals surface area contributed by atoms with E-state index in [1.54, 1.807) is 11.3 Å². The van der Waals surface area contributed by atoms with E-state index in [-0.39, 0.29) is 0 Å². The van der Waals surface area contributed by atoms with Crippen molar-refractivity contribution in [3.63, 3.8) is 0 Å². The van der Waals surface area contributed by atoms with Gasteiger partial charge in [0.2, 0.25) is 0 Å². The average Bonchev–Trinajstić information content (AvgIpc) is 3.09. The van der Waals surface area contributed by atoms with Gasteiger partial charge in [-0.05, 0) is 35.7 Å². The van der Waals surface area contributed by atoms with E-state index in [0.717, 1.165) is 23.4 Å². The van der Waals surface area contributed by atoms with E-state index in [9.17, 15) is 0 Å². The number of benzene rings is 2. The van der Waals surface area contributed by atoms with Crippen LogP contribution in [-0.2, 0) is 19.7 Å². The Morgan fingerprint density at radius 1 is 0.917 bits per heavy atom. The van der Waals surface area contributed by atoms with Gasteiger partial charge in [-0.25, -0.2) is 0 Å². The van der Waals surface area contributed by atoms with Crippen LogP contribution in [0, 0.1) is 0 Å². The molecule has 5 heteroatoms. The first-order chi connectivity index (χ1) is 11.7. The minimum atomic E-state index is 0.430. The van der Waals surface area contributed by atoms with Crippen molar-refractivity contribution < 1.29 is 4.74 Å². The number of halogens is 2. The molecule has 1 aromatic heterocycles. The van der Waals surface area contributed by atoms with Crippen LogP contribution in [0.25, 0.3) is 0 Å². The molecular weight excluding hydrogens is 361 g/mol. The monoisotopic (exact) mass is 377 g/mol. The molecule has 0 saturated carbocycles. The Kier molecular flexibility index (Phi) is 6.16. The van der Waals surface area contributed by atoms with Gasteiger partial charge in [0, 0.05) is 39.1 Å². The molecule has 3 aromatic rings. The molecule has 0 aliphatic carbocycles. The van der Waals surface area contributed by atoms with E-state index < -0.39 is 0 Å². The molecule has 0 spiro atoms. The highest BCUT2D eigenvalue weighted by atomic mass is 35.5. The van der Waals surface area contributed by atoms with Crippen LogP contribution in [0.15, 0.2) is 60.0 Å². The van der Waals surface area contributed by atoms with E-state index in [1.807, 2.05) is 42.5 Å². The summed E-state index contributed by atoms with van der Waals surface area (Å²) in [5.74, 6) is 0.818. The first kappa shape index (κ1) is 17.3. The van der Waals surface area contributed by atoms with Gasteiger partial charge in [0.15, 0.2) is 0 Å². The van der Waals surface area contributed by atoms with E-state index in [4.69, 9.17) is 27.9 Å². The fourth-order valence-electron chi connectivity index (χ4n) is 2.33. The van der Waals surface area contributed by atoms with Gasteiger partial charge in [0.05, 0.1) is 0 Å². The lowest BCUT2D eigenvalue weighted by Crippen LogP contribution is -2.13. The van der Waals surface area contributed by atoms with Crippen LogP contribution in [0.2, 0.25) is 10.0 Å². The fraction of sp³-hybridized carbons (Fsp3) is 0.158. The van der Waals surface area contributed by atoms with Gasteiger partial charge in [-0.1, -0.05) is 47.5 Å². The quantitative estimate of drug-likeness (QED) is 0.551. The second-order valence-corrected chi connectivity index (χ2v) is 7.19. The minimum absolute atomic E-state index is 0.430. The summed E-state index contributed by atoms with van der Waals surface area (Å²) in [7, 11) is 0. The molecule has 0 atom stereocenters. The molecule has 0 amide bonds. The van der Waals surface area contributed by atoms with Crippen LogP contribution in [0.4, 0.5) is 0 Å². The molecule has 1 N–H and O–H groups in total. The molecule has 0 unspecified atom stereocenters. The maximum atomic E-state index is 6.18. The molecular formula is C19H17Cl2NOS. The molecule has 2 aromatic carbocycles. The minimum Gasteiger partial charge on any atom is -0.489 e. The van der Waals surface area contributed by atoms with Gasteiger partial charge >= 0.3 is 0 Å². The largest absolute Gasteiger partial charge is 0.489 e. The summed E-state index contributed by atoms with van der Waals surface area (Å²) in [6.07, 6.45) is 0. The van der Waals surface area contributed by atoms with Crippen molar-refractivity contribution in [2.24, 2.45) is 0 Å². The second kappa shape index (κ2) is 8.54. The average molecular weight is 378 g/mol. The van der Waals surface area contributed by atoms with E-state index in [0.29, 0.717) is 23.2 Å². The molecule has 2 nitrogen and oxygen atoms in total. The molecule has 1 heterocycles. The standard InChI is InChI=1S/C19H17Cl2NOS/c20-16-7-8-19(23-13-14-4-1-2-6-18(14)21)15(10-16)11-22-12-17-5-3-9-24-17/h1-10,22H,11-13H2. The smallest absolute Gasteiger partial charge is 0.124 e. The van der Waals surface area contributed by atoms with Gasteiger partial charge in [-0.3, -0.25) is 0 Å². The molecule has 0 aliphatic heterocycles. The highest BCUT2D eigenvalue weighted by Crippen LogP contribution is 2.25. The first-order valence-corrected chi connectivity index (χ1v) is 9.23. The molecule has 3 rings (SSSR count). The predicted octanol–water partition coefficient (Wildman–Crippen LogP) is 5.92. The zero-order valence-corrected chi connectivity index (χ0v) is 15.3. The van der Waals surface area contributed by atoms with Crippen molar-refractivity contribution in [3.05, 3.63) is 86.0 Å². The third kappa shape index (κ3) is 4.74. The van der Waals surface area contributed by atoms with E-state index >= 15 is 0 Å². The summed E-state index contributed by atoms with van der Waals surface area (Å²) < 4.78 is 5.97. The van der Waals surface area contributed by atoms with Gasteiger partial charge in [-0.2, -0.15) is 0 Å². The molecule has 24 heavy (non-hydrogen) atoms. The maximum Gasteiger partial charge on any atom is 0.124 e. The van der Waals surface area contributed by atoms with Crippen LogP contribution in [0.3, 0.4) is 0 Å². The van der Waals surface area contributed by atoms with Crippen molar-refractivity contribution in [2.45, 2.75) is 19.7 Å². The topological polar surface area (TPSA) is 21.3 Å². The summed E-state index contributed by atoms with van der Waals surface area (Å²) in [6, 6.07) is 17.5. The maximum absolute atomic E-state index is 6.18. The van der Waals surface area contributed by atoms with Gasteiger partial charge in [-0.15, -0.1) is 11.3 Å². The SMILES string of the molecule is Clc1ccc(OCc2ccccc2Cl)c(CNCc2cccs2)c1. The fourth-order valence-corrected chi connectivity index (χ4v) is 3.39. The zero-order chi connectivity index (χ0) is 16.8. The van der Waals surface area contributed by atoms with Crippen molar-refractivity contribution in [1.82, 2.24) is 5.32 Å². The van der Waals surface area contributed by atoms with Crippen LogP contribution < -0.4 is 10.1 Å². The number of thiophene rings is 1. The number of rotatable bonds is 7. The zero-order valence-electron chi connectivity index (χ0n) is 13.0. The van der Waals surface area contributed by atoms with Crippen LogP contribution in [0.5, 0.6) is 5.75 Å². The van der Waals surface area contributed by atoms with E-state index in [2.05, 4.69) is 22.8 Å². The summed E-state index contributed by atoms with van der Waals surface area (Å²) >= 11 is 14.1. The summed E-state index contributed by atoms with van der Waals surface area (Å²) in [5, 5.41) is 6.92. The summed E-state index contributed by atoms with van der Waals surface area (Å²) in [4.78, 5) is 1.30. The van der Waals surface area contributed by atoms with Crippen molar-refractivity contribution >= 4 is 34.5 Å². The normalized spacial score (nSPS) is 10.8. The number of nitrogens with one attached hydrogen (secondary N) is 1. The summed E-state index contributed by atoms with van der Waals surface area (Å²) in [6.45, 7) is 1.95. The van der Waals surface area contributed by atoms with Crippen molar-refractivity contribution in [3.8, 4) is 5.75 Å². The van der Waals surface area contributed by atoms with Gasteiger partial charge < -0.3 is 10.1 Å². The molecule has 124 valence electrons. The Balaban J connectivity index is 1.65. The van der Waals surface area contributed by atoms with Gasteiger partial charge in [0.25, 0.3) is 0 Å². The number of ether oxygens (including phenoxy) is 1. The first-order valence-electron chi connectivity index (χ1n) is 7.60. The second-order valence-electron chi connectivity index (χ2n) is 5.32. The molecule has 0 fully saturated rings.